The number of nitrogens with one attached hydrogen (secondary N) is 2. The minimum absolute atomic E-state index is 0.591. The fourth-order valence-corrected chi connectivity index (χ4v) is 0.824. The minimum atomic E-state index is 0.591. The topological polar surface area (TPSA) is 66.5 Å². The van der Waals surface area contributed by atoms with Gasteiger partial charge in [-0.2, -0.15) is 10.1 Å². The Kier molecular flexibility index (Phi) is 1.69. The SMILES string of the molecule is c1ccc(Nc2ncn[nH]2)nc1. The van der Waals surface area contributed by atoms with E-state index in [0.29, 0.717) is 5.95 Å². The van der Waals surface area contributed by atoms with E-state index in [1.165, 1.54) is 6.33 Å². The van der Waals surface area contributed by atoms with Gasteiger partial charge in [-0.25, -0.2) is 10.1 Å². The van der Waals surface area contributed by atoms with E-state index < -0.39 is 0 Å². The van der Waals surface area contributed by atoms with Gasteiger partial charge in [-0.3, -0.25) is 0 Å². The van der Waals surface area contributed by atoms with Crippen LogP contribution in [0, 0.1) is 0 Å². The Morgan fingerprint density at radius 3 is 2.92 bits per heavy atom. The highest BCUT2D eigenvalue weighted by atomic mass is 15.3. The molecule has 2 aromatic heterocycles. The van der Waals surface area contributed by atoms with Crippen molar-refractivity contribution in [2.75, 3.05) is 5.32 Å². The molecule has 12 heavy (non-hydrogen) atoms. The molecule has 0 radical (unpaired) electrons. The van der Waals surface area contributed by atoms with Gasteiger partial charge < -0.3 is 5.32 Å². The average molecular weight is 161 g/mol. The highest BCUT2D eigenvalue weighted by Gasteiger charge is 1.94. The molecule has 0 fully saturated rings. The van der Waals surface area contributed by atoms with E-state index in [9.17, 15) is 0 Å². The second kappa shape index (κ2) is 3.00. The van der Waals surface area contributed by atoms with Crippen LogP contribution in [0.2, 0.25) is 0 Å². The van der Waals surface area contributed by atoms with Gasteiger partial charge in [-0.15, -0.1) is 0 Å². The summed E-state index contributed by atoms with van der Waals surface area (Å²) in [5.41, 5.74) is 0. The molecule has 2 aromatic rings. The number of anilines is 2. The lowest BCUT2D eigenvalue weighted by atomic mass is 10.5. The van der Waals surface area contributed by atoms with Gasteiger partial charge in [-0.05, 0) is 12.1 Å². The summed E-state index contributed by atoms with van der Waals surface area (Å²) in [6.45, 7) is 0. The smallest absolute Gasteiger partial charge is 0.224 e. The quantitative estimate of drug-likeness (QED) is 0.688. The fraction of sp³-hybridized carbons (Fsp3) is 0. The first kappa shape index (κ1) is 6.78. The zero-order chi connectivity index (χ0) is 8.23. The standard InChI is InChI=1S/C7H7N5/c1-2-4-8-6(3-1)11-7-9-5-10-12-7/h1-5H,(H2,8,9,10,11,12). The summed E-state index contributed by atoms with van der Waals surface area (Å²) in [7, 11) is 0. The minimum Gasteiger partial charge on any atom is -0.309 e. The Morgan fingerprint density at radius 2 is 2.25 bits per heavy atom. The third-order valence-corrected chi connectivity index (χ3v) is 1.33. The molecule has 2 N–H and O–H groups in total. The summed E-state index contributed by atoms with van der Waals surface area (Å²) in [5.74, 6) is 1.34. The summed E-state index contributed by atoms with van der Waals surface area (Å²) < 4.78 is 0. The molecular weight excluding hydrogens is 154 g/mol. The van der Waals surface area contributed by atoms with Gasteiger partial charge in [0.1, 0.15) is 12.1 Å². The van der Waals surface area contributed by atoms with E-state index >= 15 is 0 Å². The molecule has 0 bridgehead atoms. The predicted octanol–water partition coefficient (Wildman–Crippen LogP) is 0.943. The van der Waals surface area contributed by atoms with Crippen LogP contribution in [0.15, 0.2) is 30.7 Å². The Bertz CT molecular complexity index is 328. The zero-order valence-electron chi connectivity index (χ0n) is 6.23. The molecule has 0 aliphatic rings. The lowest BCUT2D eigenvalue weighted by molar-refractivity contribution is 1.09. The van der Waals surface area contributed by atoms with Crippen molar-refractivity contribution in [2.24, 2.45) is 0 Å². The lowest BCUT2D eigenvalue weighted by Gasteiger charge is -1.98. The second-order valence-corrected chi connectivity index (χ2v) is 2.17. The fourth-order valence-electron chi connectivity index (χ4n) is 0.824. The number of hydrogen-bond donors (Lipinski definition) is 2. The van der Waals surface area contributed by atoms with E-state index in [-0.39, 0.29) is 0 Å². The maximum absolute atomic E-state index is 4.05. The van der Waals surface area contributed by atoms with Crippen LogP contribution in [0.3, 0.4) is 0 Å². The van der Waals surface area contributed by atoms with Gasteiger partial charge in [0.2, 0.25) is 5.95 Å². The average Bonchev–Trinajstić information content (AvgIpc) is 2.59. The Labute approximate surface area is 68.9 Å². The summed E-state index contributed by atoms with van der Waals surface area (Å²) in [5, 5.41) is 9.31. The molecule has 0 saturated heterocycles. The third-order valence-electron chi connectivity index (χ3n) is 1.33. The van der Waals surface area contributed by atoms with Crippen LogP contribution in [-0.4, -0.2) is 20.2 Å². The number of pyridine rings is 1. The first-order valence-corrected chi connectivity index (χ1v) is 3.48. The summed E-state index contributed by atoms with van der Waals surface area (Å²) in [6, 6.07) is 5.60. The molecule has 2 rings (SSSR count). The van der Waals surface area contributed by atoms with Crippen LogP contribution >= 0.6 is 0 Å². The molecule has 0 aliphatic heterocycles. The zero-order valence-corrected chi connectivity index (χ0v) is 6.23. The number of hydrogen-bond acceptors (Lipinski definition) is 4. The number of H-pyrrole nitrogens is 1. The second-order valence-electron chi connectivity index (χ2n) is 2.17. The van der Waals surface area contributed by atoms with Gasteiger partial charge >= 0.3 is 0 Å². The van der Waals surface area contributed by atoms with E-state index in [2.05, 4.69) is 25.5 Å². The number of nitrogens with zero attached hydrogens (tertiary/aromatic N) is 3. The molecule has 0 aliphatic carbocycles. The molecule has 0 atom stereocenters. The van der Waals surface area contributed by atoms with Crippen molar-refractivity contribution in [1.82, 2.24) is 20.2 Å². The van der Waals surface area contributed by atoms with Crippen LogP contribution in [0.5, 0.6) is 0 Å². The van der Waals surface area contributed by atoms with Gasteiger partial charge in [0.05, 0.1) is 0 Å². The Balaban J connectivity index is 2.15. The molecule has 0 aromatic carbocycles. The van der Waals surface area contributed by atoms with Gasteiger partial charge in [0.15, 0.2) is 0 Å². The van der Waals surface area contributed by atoms with E-state index in [1.54, 1.807) is 6.20 Å². The molecular formula is C7H7N5. The van der Waals surface area contributed by atoms with Crippen molar-refractivity contribution in [1.29, 1.82) is 0 Å². The van der Waals surface area contributed by atoms with Crippen molar-refractivity contribution in [3.05, 3.63) is 30.7 Å². The molecule has 5 heteroatoms. The van der Waals surface area contributed by atoms with E-state index in [0.717, 1.165) is 5.82 Å². The van der Waals surface area contributed by atoms with Crippen LogP contribution in [0.1, 0.15) is 0 Å². The third kappa shape index (κ3) is 1.39. The number of aromatic amines is 1. The summed E-state index contributed by atoms with van der Waals surface area (Å²) in [6.07, 6.45) is 3.14. The molecule has 2 heterocycles. The summed E-state index contributed by atoms with van der Waals surface area (Å²) in [4.78, 5) is 7.95. The lowest BCUT2D eigenvalue weighted by Crippen LogP contribution is -1.93. The highest BCUT2D eigenvalue weighted by Crippen LogP contribution is 2.05. The van der Waals surface area contributed by atoms with Crippen LogP contribution < -0.4 is 5.32 Å². The van der Waals surface area contributed by atoms with Crippen molar-refractivity contribution < 1.29 is 0 Å². The maximum atomic E-state index is 4.05. The monoisotopic (exact) mass is 161 g/mol. The van der Waals surface area contributed by atoms with Crippen LogP contribution in [-0.2, 0) is 0 Å². The molecule has 60 valence electrons. The molecule has 0 unspecified atom stereocenters. The number of aromatic nitrogens is 4. The van der Waals surface area contributed by atoms with Crippen molar-refractivity contribution in [2.45, 2.75) is 0 Å². The van der Waals surface area contributed by atoms with Crippen LogP contribution in [0.25, 0.3) is 0 Å². The maximum Gasteiger partial charge on any atom is 0.224 e. The van der Waals surface area contributed by atoms with E-state index in [1.807, 2.05) is 18.2 Å². The van der Waals surface area contributed by atoms with Gasteiger partial charge in [0, 0.05) is 6.20 Å². The van der Waals surface area contributed by atoms with E-state index in [4.69, 9.17) is 0 Å². The van der Waals surface area contributed by atoms with Crippen molar-refractivity contribution in [3.63, 3.8) is 0 Å². The number of rotatable bonds is 2. The molecule has 0 spiro atoms. The van der Waals surface area contributed by atoms with Crippen LogP contribution in [0.4, 0.5) is 11.8 Å². The van der Waals surface area contributed by atoms with Gasteiger partial charge in [-0.1, -0.05) is 6.07 Å². The predicted molar refractivity (Wildman–Crippen MR) is 43.9 cm³/mol. The Morgan fingerprint density at radius 1 is 1.25 bits per heavy atom. The largest absolute Gasteiger partial charge is 0.309 e. The Hall–Kier alpha value is -1.91. The highest BCUT2D eigenvalue weighted by molar-refractivity contribution is 5.45. The van der Waals surface area contributed by atoms with Crippen molar-refractivity contribution in [3.8, 4) is 0 Å². The first-order valence-electron chi connectivity index (χ1n) is 3.48. The molecule has 0 saturated carbocycles. The molecule has 0 amide bonds. The summed E-state index contributed by atoms with van der Waals surface area (Å²) >= 11 is 0. The van der Waals surface area contributed by atoms with Crippen molar-refractivity contribution >= 4 is 11.8 Å². The van der Waals surface area contributed by atoms with Gasteiger partial charge in [0.25, 0.3) is 0 Å². The first-order chi connectivity index (χ1) is 5.95. The molecule has 5 nitrogen and oxygen atoms in total. The normalized spacial score (nSPS) is 9.67.